The number of carbonyl (C=O) groups is 1. The molecular weight excluding hydrogens is 256 g/mol. The van der Waals surface area contributed by atoms with Crippen LogP contribution in [-0.4, -0.2) is 43.3 Å². The fraction of sp³-hybridized carbons (Fsp3) is 0.857. The quantitative estimate of drug-likeness (QED) is 0.725. The van der Waals surface area contributed by atoms with E-state index in [0.717, 1.165) is 25.5 Å². The van der Waals surface area contributed by atoms with Crippen molar-refractivity contribution in [3.63, 3.8) is 0 Å². The van der Waals surface area contributed by atoms with Crippen LogP contribution in [-0.2, 0) is 4.74 Å². The Morgan fingerprint density at radius 3 is 2.80 bits per heavy atom. The summed E-state index contributed by atoms with van der Waals surface area (Å²) >= 11 is 0. The minimum atomic E-state index is -0.458. The molecule has 0 saturated heterocycles. The lowest BCUT2D eigenvalue weighted by Crippen LogP contribution is -2.50. The standard InChI is InChI=1S/C14H26N4O2/c1-14(2,3)20-13(19)18-11(10-5-6-10)9-17-12-15-7-4-8-16-12/h10-11H,4-9H2,1-3H3,(H,18,19)(H2,15,16,17). The van der Waals surface area contributed by atoms with Gasteiger partial charge in [0.25, 0.3) is 0 Å². The summed E-state index contributed by atoms with van der Waals surface area (Å²) in [6.45, 7) is 8.13. The number of guanidine groups is 1. The molecular formula is C14H26N4O2. The molecule has 2 aliphatic rings. The van der Waals surface area contributed by atoms with Crippen LogP contribution in [0.3, 0.4) is 0 Å². The van der Waals surface area contributed by atoms with E-state index in [0.29, 0.717) is 12.5 Å². The second-order valence-corrected chi connectivity index (χ2v) is 6.48. The van der Waals surface area contributed by atoms with Crippen LogP contribution in [0, 0.1) is 5.92 Å². The van der Waals surface area contributed by atoms with Gasteiger partial charge in [0.2, 0.25) is 0 Å². The number of hydrogen-bond donors (Lipinski definition) is 3. The normalized spacial score (nSPS) is 20.4. The third-order valence-electron chi connectivity index (χ3n) is 3.28. The van der Waals surface area contributed by atoms with Gasteiger partial charge < -0.3 is 20.7 Å². The molecule has 1 aliphatic carbocycles. The number of nitrogens with one attached hydrogen (secondary N) is 3. The summed E-state index contributed by atoms with van der Waals surface area (Å²) in [5.74, 6) is 1.40. The molecule has 6 heteroatoms. The van der Waals surface area contributed by atoms with E-state index in [2.05, 4.69) is 20.9 Å². The topological polar surface area (TPSA) is 74.8 Å². The zero-order chi connectivity index (χ0) is 14.6. The molecule has 6 nitrogen and oxygen atoms in total. The Hall–Kier alpha value is -1.46. The molecule has 0 radical (unpaired) electrons. The van der Waals surface area contributed by atoms with E-state index in [-0.39, 0.29) is 12.1 Å². The van der Waals surface area contributed by atoms with Gasteiger partial charge in [-0.1, -0.05) is 0 Å². The lowest BCUT2D eigenvalue weighted by molar-refractivity contribution is 0.0498. The van der Waals surface area contributed by atoms with Crippen molar-refractivity contribution in [2.24, 2.45) is 10.9 Å². The fourth-order valence-corrected chi connectivity index (χ4v) is 2.15. The minimum Gasteiger partial charge on any atom is -0.444 e. The summed E-state index contributed by atoms with van der Waals surface area (Å²) in [7, 11) is 0. The number of carbonyl (C=O) groups excluding carboxylic acids is 1. The maximum Gasteiger partial charge on any atom is 0.407 e. The third-order valence-corrected chi connectivity index (χ3v) is 3.28. The molecule has 1 fully saturated rings. The van der Waals surface area contributed by atoms with Gasteiger partial charge in [-0.2, -0.15) is 0 Å². The molecule has 0 aromatic rings. The average Bonchev–Trinajstić information content (AvgIpc) is 3.17. The summed E-state index contributed by atoms with van der Waals surface area (Å²) in [6.07, 6.45) is 3.08. The van der Waals surface area contributed by atoms with Gasteiger partial charge in [0.1, 0.15) is 5.60 Å². The summed E-state index contributed by atoms with van der Waals surface area (Å²) in [4.78, 5) is 16.2. The van der Waals surface area contributed by atoms with Crippen molar-refractivity contribution in [2.45, 2.75) is 51.7 Å². The number of ether oxygens (including phenoxy) is 1. The van der Waals surface area contributed by atoms with Gasteiger partial charge in [0.05, 0.1) is 6.04 Å². The molecule has 2 rings (SSSR count). The lowest BCUT2D eigenvalue weighted by Gasteiger charge is -2.25. The number of hydrogen-bond acceptors (Lipinski definition) is 5. The largest absolute Gasteiger partial charge is 0.444 e. The van der Waals surface area contributed by atoms with E-state index >= 15 is 0 Å². The molecule has 1 heterocycles. The second kappa shape index (κ2) is 6.33. The van der Waals surface area contributed by atoms with Gasteiger partial charge in [0.15, 0.2) is 5.96 Å². The van der Waals surface area contributed by atoms with E-state index < -0.39 is 5.60 Å². The smallest absolute Gasteiger partial charge is 0.407 e. The first-order chi connectivity index (χ1) is 9.44. The van der Waals surface area contributed by atoms with Gasteiger partial charge in [-0.15, -0.1) is 0 Å². The highest BCUT2D eigenvalue weighted by atomic mass is 16.6. The highest BCUT2D eigenvalue weighted by Gasteiger charge is 2.33. The van der Waals surface area contributed by atoms with Crippen molar-refractivity contribution in [1.29, 1.82) is 0 Å². The van der Waals surface area contributed by atoms with E-state index in [9.17, 15) is 4.79 Å². The number of amides is 1. The first kappa shape index (κ1) is 14.9. The Kier molecular flexibility index (Phi) is 4.73. The Morgan fingerprint density at radius 2 is 2.25 bits per heavy atom. The number of aliphatic imine (C=N–C) groups is 1. The van der Waals surface area contributed by atoms with Crippen molar-refractivity contribution < 1.29 is 9.53 Å². The van der Waals surface area contributed by atoms with Crippen LogP contribution in [0.1, 0.15) is 40.0 Å². The van der Waals surface area contributed by atoms with Crippen LogP contribution in [0.4, 0.5) is 4.79 Å². The molecule has 1 atom stereocenters. The number of alkyl carbamates (subject to hydrolysis) is 1. The Morgan fingerprint density at radius 1 is 1.50 bits per heavy atom. The highest BCUT2D eigenvalue weighted by Crippen LogP contribution is 2.32. The van der Waals surface area contributed by atoms with Gasteiger partial charge in [-0.3, -0.25) is 4.99 Å². The number of rotatable bonds is 4. The summed E-state index contributed by atoms with van der Waals surface area (Å²) in [5, 5.41) is 9.47. The Bertz CT molecular complexity index is 372. The molecule has 1 amide bonds. The molecule has 0 aromatic heterocycles. The van der Waals surface area contributed by atoms with E-state index in [4.69, 9.17) is 4.74 Å². The molecule has 1 aliphatic heterocycles. The monoisotopic (exact) mass is 282 g/mol. The lowest BCUT2D eigenvalue weighted by atomic mass is 10.2. The molecule has 0 bridgehead atoms. The highest BCUT2D eigenvalue weighted by molar-refractivity contribution is 5.80. The first-order valence-corrected chi connectivity index (χ1v) is 7.46. The zero-order valence-electron chi connectivity index (χ0n) is 12.7. The van der Waals surface area contributed by atoms with Crippen molar-refractivity contribution >= 4 is 12.1 Å². The van der Waals surface area contributed by atoms with Crippen LogP contribution in [0.15, 0.2) is 4.99 Å². The molecule has 20 heavy (non-hydrogen) atoms. The van der Waals surface area contributed by atoms with Crippen LogP contribution in [0.25, 0.3) is 0 Å². The predicted molar refractivity (Wildman–Crippen MR) is 78.8 cm³/mol. The molecule has 1 saturated carbocycles. The van der Waals surface area contributed by atoms with Crippen LogP contribution in [0.5, 0.6) is 0 Å². The van der Waals surface area contributed by atoms with Crippen LogP contribution >= 0.6 is 0 Å². The first-order valence-electron chi connectivity index (χ1n) is 7.46. The fourth-order valence-electron chi connectivity index (χ4n) is 2.15. The van der Waals surface area contributed by atoms with E-state index in [1.807, 2.05) is 20.8 Å². The summed E-state index contributed by atoms with van der Waals surface area (Å²) in [6, 6.07) is 0.108. The molecule has 0 spiro atoms. The van der Waals surface area contributed by atoms with Crippen LogP contribution < -0.4 is 16.0 Å². The summed E-state index contributed by atoms with van der Waals surface area (Å²) in [5.41, 5.74) is -0.458. The van der Waals surface area contributed by atoms with Gasteiger partial charge in [0, 0.05) is 19.6 Å². The van der Waals surface area contributed by atoms with Crippen molar-refractivity contribution in [2.75, 3.05) is 19.6 Å². The molecule has 114 valence electrons. The average molecular weight is 282 g/mol. The predicted octanol–water partition coefficient (Wildman–Crippen LogP) is 1.23. The zero-order valence-corrected chi connectivity index (χ0v) is 12.7. The Balaban J connectivity index is 1.78. The van der Waals surface area contributed by atoms with Crippen molar-refractivity contribution in [3.05, 3.63) is 0 Å². The maximum atomic E-state index is 11.8. The number of nitrogens with zero attached hydrogens (tertiary/aromatic N) is 1. The van der Waals surface area contributed by atoms with Crippen molar-refractivity contribution in [3.8, 4) is 0 Å². The maximum absolute atomic E-state index is 11.8. The van der Waals surface area contributed by atoms with E-state index in [1.54, 1.807) is 0 Å². The molecule has 0 aromatic carbocycles. The van der Waals surface area contributed by atoms with Gasteiger partial charge in [-0.25, -0.2) is 4.79 Å². The summed E-state index contributed by atoms with van der Waals surface area (Å²) < 4.78 is 5.31. The van der Waals surface area contributed by atoms with Gasteiger partial charge in [-0.05, 0) is 46.0 Å². The van der Waals surface area contributed by atoms with Crippen LogP contribution in [0.2, 0.25) is 0 Å². The third kappa shape index (κ3) is 5.27. The minimum absolute atomic E-state index is 0.108. The Labute approximate surface area is 120 Å². The van der Waals surface area contributed by atoms with E-state index in [1.165, 1.54) is 12.8 Å². The molecule has 3 N–H and O–H groups in total. The second-order valence-electron chi connectivity index (χ2n) is 6.48. The SMILES string of the molecule is CC(C)(C)OC(=O)NC(CNC1=NCCCN1)C1CC1. The molecule has 1 unspecified atom stereocenters. The van der Waals surface area contributed by atoms with Gasteiger partial charge >= 0.3 is 6.09 Å². The van der Waals surface area contributed by atoms with Crippen molar-refractivity contribution in [1.82, 2.24) is 16.0 Å².